The fraction of sp³-hybridized carbons (Fsp3) is 0.280. The molecule has 1 atom stereocenters. The number of aryl methyl sites for hydroxylation is 2. The van der Waals surface area contributed by atoms with E-state index in [0.29, 0.717) is 27.1 Å². The molecule has 0 spiro atoms. The summed E-state index contributed by atoms with van der Waals surface area (Å²) in [6.45, 7) is 4.84. The van der Waals surface area contributed by atoms with E-state index in [1.807, 2.05) is 0 Å². The van der Waals surface area contributed by atoms with Crippen LogP contribution in [0.2, 0.25) is 0 Å². The number of pyridine rings is 1. The lowest BCUT2D eigenvalue weighted by atomic mass is 10.1. The summed E-state index contributed by atoms with van der Waals surface area (Å²) in [7, 11) is 1.52. The highest BCUT2D eigenvalue weighted by atomic mass is 79.9. The van der Waals surface area contributed by atoms with Crippen molar-refractivity contribution in [2.45, 2.75) is 33.6 Å². The number of hydrazone groups is 1. The van der Waals surface area contributed by atoms with E-state index in [4.69, 9.17) is 18.6 Å². The van der Waals surface area contributed by atoms with E-state index in [-0.39, 0.29) is 42.0 Å². The molecule has 0 fully saturated rings. The zero-order chi connectivity index (χ0) is 27.6. The standard InChI is InChI=1S/C25H22BrN5O7/c1-13-5-6-16(31(33)34)9-17(13)20-7-8-21(37-20)25-30(15(3)32)29-22(38-25)12-36-24-18(10-27)19(11-35-4)23(26)14(2)28-24/h5-9,25H,11-12H2,1-4H3/t25-/m1/s1. The van der Waals surface area contributed by atoms with Gasteiger partial charge in [0.05, 0.1) is 17.2 Å². The predicted octanol–water partition coefficient (Wildman–Crippen LogP) is 4.92. The maximum Gasteiger partial charge on any atom is 0.270 e. The largest absolute Gasteiger partial charge is 0.467 e. The minimum absolute atomic E-state index is 0.0641. The number of carbonyl (C=O) groups is 1. The Labute approximate surface area is 225 Å². The first-order valence-electron chi connectivity index (χ1n) is 11.2. The summed E-state index contributed by atoms with van der Waals surface area (Å²) in [5.41, 5.74) is 2.63. The van der Waals surface area contributed by atoms with Crippen LogP contribution in [0, 0.1) is 35.3 Å². The number of benzene rings is 1. The highest BCUT2D eigenvalue weighted by Crippen LogP contribution is 2.35. The first kappa shape index (κ1) is 26.8. The number of ether oxygens (including phenoxy) is 3. The average Bonchev–Trinajstić information content (AvgIpc) is 3.53. The number of halogens is 1. The third-order valence-electron chi connectivity index (χ3n) is 5.68. The number of methoxy groups -OCH3 is 1. The second kappa shape index (κ2) is 11.0. The van der Waals surface area contributed by atoms with Crippen molar-refractivity contribution in [1.82, 2.24) is 9.99 Å². The number of nitriles is 1. The molecule has 0 aliphatic carbocycles. The molecular formula is C25H22BrN5O7. The molecule has 3 aromatic rings. The van der Waals surface area contributed by atoms with Gasteiger partial charge in [-0.1, -0.05) is 6.07 Å². The number of nitrogens with zero attached hydrogens (tertiary/aromatic N) is 5. The van der Waals surface area contributed by atoms with Gasteiger partial charge < -0.3 is 18.6 Å². The maximum atomic E-state index is 12.3. The monoisotopic (exact) mass is 583 g/mol. The lowest BCUT2D eigenvalue weighted by Gasteiger charge is -2.17. The number of aromatic nitrogens is 1. The predicted molar refractivity (Wildman–Crippen MR) is 137 cm³/mol. The molecule has 2 aromatic heterocycles. The molecule has 0 saturated carbocycles. The first-order valence-corrected chi connectivity index (χ1v) is 12.0. The van der Waals surface area contributed by atoms with Crippen molar-refractivity contribution in [3.05, 3.63) is 73.1 Å². The molecule has 196 valence electrons. The number of furan rings is 1. The van der Waals surface area contributed by atoms with Gasteiger partial charge in [0.1, 0.15) is 17.4 Å². The van der Waals surface area contributed by atoms with Gasteiger partial charge in [-0.05, 0) is 47.5 Å². The van der Waals surface area contributed by atoms with Gasteiger partial charge in [-0.25, -0.2) is 4.98 Å². The van der Waals surface area contributed by atoms with E-state index in [2.05, 4.69) is 32.1 Å². The number of amides is 1. The molecule has 0 saturated heterocycles. The van der Waals surface area contributed by atoms with Gasteiger partial charge in [0.2, 0.25) is 17.7 Å². The normalized spacial score (nSPS) is 14.6. The molecule has 0 unspecified atom stereocenters. The van der Waals surface area contributed by atoms with Crippen molar-refractivity contribution >= 4 is 33.4 Å². The average molecular weight is 584 g/mol. The van der Waals surface area contributed by atoms with E-state index in [1.54, 1.807) is 32.0 Å². The first-order chi connectivity index (χ1) is 18.1. The zero-order valence-corrected chi connectivity index (χ0v) is 22.4. The quantitative estimate of drug-likeness (QED) is 0.265. The van der Waals surface area contributed by atoms with Crippen LogP contribution in [-0.2, 0) is 20.9 Å². The van der Waals surface area contributed by atoms with E-state index in [1.165, 1.54) is 26.2 Å². The van der Waals surface area contributed by atoms with Crippen molar-refractivity contribution < 1.29 is 28.3 Å². The number of hydrogen-bond acceptors (Lipinski definition) is 10. The third-order valence-corrected chi connectivity index (χ3v) is 6.73. The molecule has 13 heteroatoms. The van der Waals surface area contributed by atoms with Crippen molar-refractivity contribution in [3.63, 3.8) is 0 Å². The Kier molecular flexibility index (Phi) is 7.75. The number of nitro benzene ring substituents is 1. The molecule has 0 N–H and O–H groups in total. The smallest absolute Gasteiger partial charge is 0.270 e. The van der Waals surface area contributed by atoms with Gasteiger partial charge in [0.25, 0.3) is 11.9 Å². The molecule has 1 aromatic carbocycles. The van der Waals surface area contributed by atoms with Gasteiger partial charge in [-0.15, -0.1) is 5.10 Å². The lowest BCUT2D eigenvalue weighted by molar-refractivity contribution is -0.384. The maximum absolute atomic E-state index is 12.3. The van der Waals surface area contributed by atoms with E-state index in [0.717, 1.165) is 10.6 Å². The van der Waals surface area contributed by atoms with Crippen molar-refractivity contribution in [2.24, 2.45) is 5.10 Å². The van der Waals surface area contributed by atoms with Gasteiger partial charge in [0.15, 0.2) is 12.4 Å². The third kappa shape index (κ3) is 5.22. The molecule has 3 heterocycles. The Morgan fingerprint density at radius 1 is 1.29 bits per heavy atom. The SMILES string of the molecule is COCc1c(Br)c(C)nc(OCC2=NN(C(C)=O)[C@@H](c3ccc(-c4cc([N+](=O)[O-])ccc4C)o3)O2)c1C#N. The summed E-state index contributed by atoms with van der Waals surface area (Å²) in [6.07, 6.45) is -1.02. The molecule has 1 aliphatic heterocycles. The summed E-state index contributed by atoms with van der Waals surface area (Å²) in [5.74, 6) is 0.363. The van der Waals surface area contributed by atoms with Crippen LogP contribution in [0.3, 0.4) is 0 Å². The summed E-state index contributed by atoms with van der Waals surface area (Å²) in [4.78, 5) is 27.4. The Hall–Kier alpha value is -4.28. The number of carbonyl (C=O) groups excluding carboxylic acids is 1. The topological polar surface area (TPSA) is 153 Å². The Bertz CT molecular complexity index is 1490. The zero-order valence-electron chi connectivity index (χ0n) is 20.9. The summed E-state index contributed by atoms with van der Waals surface area (Å²) >= 11 is 3.43. The van der Waals surface area contributed by atoms with Crippen LogP contribution in [0.5, 0.6) is 5.88 Å². The summed E-state index contributed by atoms with van der Waals surface area (Å²) in [6, 6.07) is 9.81. The van der Waals surface area contributed by atoms with Crippen LogP contribution in [0.4, 0.5) is 5.69 Å². The van der Waals surface area contributed by atoms with E-state index in [9.17, 15) is 20.2 Å². The highest BCUT2D eigenvalue weighted by Gasteiger charge is 2.35. The van der Waals surface area contributed by atoms with Crippen LogP contribution in [0.1, 0.15) is 41.3 Å². The van der Waals surface area contributed by atoms with Gasteiger partial charge in [-0.3, -0.25) is 14.9 Å². The van der Waals surface area contributed by atoms with Crippen LogP contribution in [-0.4, -0.2) is 40.4 Å². The van der Waals surface area contributed by atoms with Gasteiger partial charge in [-0.2, -0.15) is 10.3 Å². The second-order valence-electron chi connectivity index (χ2n) is 8.29. The number of non-ortho nitro benzene ring substituents is 1. The van der Waals surface area contributed by atoms with Crippen LogP contribution >= 0.6 is 15.9 Å². The second-order valence-corrected chi connectivity index (χ2v) is 9.08. The van der Waals surface area contributed by atoms with Crippen molar-refractivity contribution in [2.75, 3.05) is 13.7 Å². The minimum atomic E-state index is -1.02. The molecule has 12 nitrogen and oxygen atoms in total. The number of rotatable bonds is 8. The van der Waals surface area contributed by atoms with Crippen LogP contribution in [0.25, 0.3) is 11.3 Å². The minimum Gasteiger partial charge on any atom is -0.467 e. The fourth-order valence-electron chi connectivity index (χ4n) is 3.82. The lowest BCUT2D eigenvalue weighted by Crippen LogP contribution is -2.25. The van der Waals surface area contributed by atoms with E-state index < -0.39 is 17.1 Å². The van der Waals surface area contributed by atoms with Crippen molar-refractivity contribution in [1.29, 1.82) is 5.26 Å². The van der Waals surface area contributed by atoms with Crippen LogP contribution in [0.15, 0.2) is 44.3 Å². The van der Waals surface area contributed by atoms with E-state index >= 15 is 0 Å². The Morgan fingerprint density at radius 3 is 2.71 bits per heavy atom. The highest BCUT2D eigenvalue weighted by molar-refractivity contribution is 9.10. The molecule has 38 heavy (non-hydrogen) atoms. The van der Waals surface area contributed by atoms with Crippen molar-refractivity contribution in [3.8, 4) is 23.3 Å². The van der Waals surface area contributed by atoms with Gasteiger partial charge in [0, 0.05) is 41.8 Å². The fourth-order valence-corrected chi connectivity index (χ4v) is 4.22. The van der Waals surface area contributed by atoms with Crippen LogP contribution < -0.4 is 4.74 Å². The summed E-state index contributed by atoms with van der Waals surface area (Å²) in [5, 5.41) is 26.2. The molecular weight excluding hydrogens is 562 g/mol. The van der Waals surface area contributed by atoms with Gasteiger partial charge >= 0.3 is 0 Å². The number of nitro groups is 1. The molecule has 4 rings (SSSR count). The molecule has 1 amide bonds. The molecule has 0 bridgehead atoms. The molecule has 0 radical (unpaired) electrons. The Morgan fingerprint density at radius 2 is 2.05 bits per heavy atom. The number of hydrogen-bond donors (Lipinski definition) is 0. The molecule has 1 aliphatic rings. The summed E-state index contributed by atoms with van der Waals surface area (Å²) < 4.78 is 23.4. The Balaban J connectivity index is 1.57.